The molecule has 4 aromatic rings. The topological polar surface area (TPSA) is 107 Å². The Morgan fingerprint density at radius 3 is 2.90 bits per heavy atom. The van der Waals surface area contributed by atoms with Crippen LogP contribution in [0.2, 0.25) is 0 Å². The van der Waals surface area contributed by atoms with E-state index in [9.17, 15) is 9.59 Å². The van der Waals surface area contributed by atoms with Gasteiger partial charge in [-0.2, -0.15) is 5.10 Å². The second-order valence-electron chi connectivity index (χ2n) is 10.5. The second kappa shape index (κ2) is 10.6. The third kappa shape index (κ3) is 4.74. The molecule has 10 heteroatoms. The summed E-state index contributed by atoms with van der Waals surface area (Å²) in [5.74, 6) is 1.05. The van der Waals surface area contributed by atoms with Crippen molar-refractivity contribution >= 4 is 28.8 Å². The lowest BCUT2D eigenvalue weighted by Gasteiger charge is -2.17. The molecule has 40 heavy (non-hydrogen) atoms. The largest absolute Gasteiger partial charge is 0.477 e. The molecular formula is C30H33N7O3. The van der Waals surface area contributed by atoms with Crippen LogP contribution in [0, 0.1) is 6.92 Å². The first-order valence-electron chi connectivity index (χ1n) is 13.8. The molecule has 206 valence electrons. The summed E-state index contributed by atoms with van der Waals surface area (Å²) in [7, 11) is 1.84. The molecule has 2 amide bonds. The Morgan fingerprint density at radius 1 is 1.18 bits per heavy atom. The van der Waals surface area contributed by atoms with Gasteiger partial charge in [-0.25, -0.2) is 9.67 Å². The van der Waals surface area contributed by atoms with Gasteiger partial charge in [0, 0.05) is 43.9 Å². The van der Waals surface area contributed by atoms with E-state index in [0.29, 0.717) is 49.3 Å². The number of para-hydroxylation sites is 1. The standard InChI is InChI=1S/C30H33N7O3/c1-4-26(38)36-13-11-20(18-36)22-9-8-10-24-27(22)37-12-6-5-7-14-40-29-23(17-31-35(29)3)25-16-21(15-19(2)32-25)28(39)34-30(37)33-24/h4,8-10,15-17,20H,1,5-7,11-14,18H2,2-3H3,(H,33,34,39). The SMILES string of the molecule is C=CC(=O)N1CCC(c2cccc3nc4n(c23)CCCCCOc2c(cnn2C)-c2cc(cc(C)n2)C(=O)N4)C1. The molecule has 0 aliphatic carbocycles. The molecule has 0 spiro atoms. The van der Waals surface area contributed by atoms with Crippen LogP contribution >= 0.6 is 0 Å². The third-order valence-corrected chi connectivity index (χ3v) is 7.78. The molecule has 1 saturated heterocycles. The molecule has 1 fully saturated rings. The highest BCUT2D eigenvalue weighted by atomic mass is 16.5. The first-order chi connectivity index (χ1) is 19.4. The fraction of sp³-hybridized carbons (Fsp3) is 0.367. The molecule has 6 rings (SSSR count). The monoisotopic (exact) mass is 539 g/mol. The highest BCUT2D eigenvalue weighted by Crippen LogP contribution is 2.35. The number of aryl methyl sites for hydroxylation is 3. The van der Waals surface area contributed by atoms with E-state index in [1.807, 2.05) is 31.0 Å². The van der Waals surface area contributed by atoms with Crippen LogP contribution in [0.5, 0.6) is 5.88 Å². The molecule has 3 aromatic heterocycles. The van der Waals surface area contributed by atoms with Crippen LogP contribution in [0.1, 0.15) is 53.2 Å². The number of fused-ring (bicyclic) bond motifs is 7. The Kier molecular flexibility index (Phi) is 6.83. The van der Waals surface area contributed by atoms with Crippen molar-refractivity contribution in [3.05, 3.63) is 66.0 Å². The van der Waals surface area contributed by atoms with E-state index >= 15 is 0 Å². The molecule has 10 nitrogen and oxygen atoms in total. The van der Waals surface area contributed by atoms with Crippen LogP contribution in [-0.4, -0.2) is 60.7 Å². The van der Waals surface area contributed by atoms with Gasteiger partial charge in [-0.05, 0) is 62.4 Å². The molecule has 2 aliphatic rings. The van der Waals surface area contributed by atoms with E-state index in [-0.39, 0.29) is 17.7 Å². The average molecular weight is 540 g/mol. The van der Waals surface area contributed by atoms with Crippen molar-refractivity contribution in [1.29, 1.82) is 0 Å². The summed E-state index contributed by atoms with van der Waals surface area (Å²) < 4.78 is 9.99. The minimum atomic E-state index is -0.255. The minimum Gasteiger partial charge on any atom is -0.477 e. The van der Waals surface area contributed by atoms with Crippen molar-refractivity contribution in [2.45, 2.75) is 45.1 Å². The summed E-state index contributed by atoms with van der Waals surface area (Å²) in [6.07, 6.45) is 6.69. The molecule has 5 heterocycles. The number of likely N-dealkylation sites (tertiary alicyclic amines) is 1. The molecule has 2 bridgehead atoms. The van der Waals surface area contributed by atoms with Crippen LogP contribution < -0.4 is 10.1 Å². The number of imidazole rings is 1. The number of hydrogen-bond acceptors (Lipinski definition) is 6. The number of rotatable bonds is 2. The molecule has 1 atom stereocenters. The fourth-order valence-electron chi connectivity index (χ4n) is 5.80. The number of pyridine rings is 1. The summed E-state index contributed by atoms with van der Waals surface area (Å²) in [5, 5.41) is 7.46. The van der Waals surface area contributed by atoms with Gasteiger partial charge in [-0.1, -0.05) is 18.7 Å². The van der Waals surface area contributed by atoms with Gasteiger partial charge in [0.2, 0.25) is 17.7 Å². The zero-order chi connectivity index (χ0) is 27.8. The quantitative estimate of drug-likeness (QED) is 0.377. The molecular weight excluding hydrogens is 506 g/mol. The predicted molar refractivity (Wildman–Crippen MR) is 152 cm³/mol. The lowest BCUT2D eigenvalue weighted by molar-refractivity contribution is -0.125. The van der Waals surface area contributed by atoms with E-state index in [0.717, 1.165) is 53.5 Å². The van der Waals surface area contributed by atoms with Crippen LogP contribution in [0.4, 0.5) is 5.95 Å². The fourth-order valence-corrected chi connectivity index (χ4v) is 5.80. The summed E-state index contributed by atoms with van der Waals surface area (Å²) in [5.41, 5.74) is 5.60. The first-order valence-corrected chi connectivity index (χ1v) is 13.8. The van der Waals surface area contributed by atoms with Crippen LogP contribution in [0.25, 0.3) is 22.3 Å². The summed E-state index contributed by atoms with van der Waals surface area (Å²) >= 11 is 0. The van der Waals surface area contributed by atoms with Gasteiger partial charge in [-0.15, -0.1) is 0 Å². The van der Waals surface area contributed by atoms with Gasteiger partial charge in [-0.3, -0.25) is 19.9 Å². The Balaban J connectivity index is 1.41. The number of amides is 2. The maximum absolute atomic E-state index is 13.6. The highest BCUT2D eigenvalue weighted by Gasteiger charge is 2.29. The van der Waals surface area contributed by atoms with Crippen molar-refractivity contribution in [1.82, 2.24) is 29.2 Å². The smallest absolute Gasteiger partial charge is 0.258 e. The Hall–Kier alpha value is -4.47. The number of nitrogens with zero attached hydrogens (tertiary/aromatic N) is 6. The lowest BCUT2D eigenvalue weighted by atomic mass is 9.97. The van der Waals surface area contributed by atoms with Crippen LogP contribution in [0.3, 0.4) is 0 Å². The Bertz CT molecular complexity index is 1620. The number of carbonyl (C=O) groups excluding carboxylic acids is 2. The van der Waals surface area contributed by atoms with Crippen molar-refractivity contribution in [2.75, 3.05) is 25.0 Å². The normalized spacial score (nSPS) is 17.8. The van der Waals surface area contributed by atoms with E-state index in [1.165, 1.54) is 6.08 Å². The second-order valence-corrected chi connectivity index (χ2v) is 10.5. The van der Waals surface area contributed by atoms with E-state index < -0.39 is 0 Å². The minimum absolute atomic E-state index is 0.0411. The molecule has 1 aromatic carbocycles. The highest BCUT2D eigenvalue weighted by molar-refractivity contribution is 6.05. The number of ether oxygens (including phenoxy) is 1. The number of carbonyl (C=O) groups is 2. The van der Waals surface area contributed by atoms with Crippen molar-refractivity contribution in [2.24, 2.45) is 7.05 Å². The molecule has 1 unspecified atom stereocenters. The van der Waals surface area contributed by atoms with Crippen molar-refractivity contribution < 1.29 is 14.3 Å². The van der Waals surface area contributed by atoms with Gasteiger partial charge in [0.25, 0.3) is 5.91 Å². The van der Waals surface area contributed by atoms with Crippen molar-refractivity contribution in [3.8, 4) is 17.1 Å². The van der Waals surface area contributed by atoms with Crippen LogP contribution in [0.15, 0.2) is 49.2 Å². The average Bonchev–Trinajstić information content (AvgIpc) is 3.67. The molecule has 1 N–H and O–H groups in total. The zero-order valence-electron chi connectivity index (χ0n) is 22.9. The van der Waals surface area contributed by atoms with E-state index in [1.54, 1.807) is 23.0 Å². The number of benzene rings is 1. The number of aromatic nitrogens is 5. The van der Waals surface area contributed by atoms with Gasteiger partial charge in [0.1, 0.15) is 0 Å². The number of hydrogen-bond donors (Lipinski definition) is 1. The maximum Gasteiger partial charge on any atom is 0.258 e. The lowest BCUT2D eigenvalue weighted by Crippen LogP contribution is -2.26. The maximum atomic E-state index is 13.6. The predicted octanol–water partition coefficient (Wildman–Crippen LogP) is 4.46. The summed E-state index contributed by atoms with van der Waals surface area (Å²) in [6, 6.07) is 9.66. The Labute approximate surface area is 232 Å². The Morgan fingerprint density at radius 2 is 2.05 bits per heavy atom. The van der Waals surface area contributed by atoms with Gasteiger partial charge >= 0.3 is 0 Å². The first kappa shape index (κ1) is 25.8. The number of nitrogens with one attached hydrogen (secondary N) is 1. The molecule has 2 aliphatic heterocycles. The molecule has 0 radical (unpaired) electrons. The summed E-state index contributed by atoms with van der Waals surface area (Å²) in [4.78, 5) is 37.3. The summed E-state index contributed by atoms with van der Waals surface area (Å²) in [6.45, 7) is 8.11. The van der Waals surface area contributed by atoms with Gasteiger partial charge < -0.3 is 14.2 Å². The third-order valence-electron chi connectivity index (χ3n) is 7.78. The van der Waals surface area contributed by atoms with Gasteiger partial charge in [0.05, 0.1) is 35.1 Å². The van der Waals surface area contributed by atoms with Crippen molar-refractivity contribution in [3.63, 3.8) is 0 Å². The van der Waals surface area contributed by atoms with Gasteiger partial charge in [0.15, 0.2) is 0 Å². The van der Waals surface area contributed by atoms with E-state index in [2.05, 4.69) is 32.6 Å². The number of anilines is 1. The zero-order valence-corrected chi connectivity index (χ0v) is 22.9. The van der Waals surface area contributed by atoms with E-state index in [4.69, 9.17) is 9.72 Å². The molecule has 0 saturated carbocycles. The van der Waals surface area contributed by atoms with Crippen LogP contribution in [-0.2, 0) is 18.4 Å².